The number of likely N-dealkylation sites (tertiary alicyclic amines) is 1. The molecule has 2 fully saturated rings. The standard InChI is InChI=1S/C21H22FN3O4/c22-14-4-6-15(7-5-14)25-17-3-1-2-16(17)18(23-25)19(26)24-10-13-11-29-9-8-21(13,12-24)20(27)28/h4-7,13H,1-3,8-12H2,(H,27,28)/t13-,21+/m0/s1. The molecular weight excluding hydrogens is 377 g/mol. The second-order valence-corrected chi connectivity index (χ2v) is 8.18. The van der Waals surface area contributed by atoms with Gasteiger partial charge in [-0.1, -0.05) is 0 Å². The summed E-state index contributed by atoms with van der Waals surface area (Å²) in [6.07, 6.45) is 2.92. The zero-order valence-electron chi connectivity index (χ0n) is 15.9. The van der Waals surface area contributed by atoms with E-state index in [2.05, 4.69) is 5.10 Å². The molecule has 7 nitrogen and oxygen atoms in total. The van der Waals surface area contributed by atoms with Gasteiger partial charge in [0.05, 0.1) is 17.7 Å². The number of carboxylic acid groups (broad SMARTS) is 1. The Morgan fingerprint density at radius 3 is 2.76 bits per heavy atom. The molecule has 29 heavy (non-hydrogen) atoms. The molecule has 3 heterocycles. The van der Waals surface area contributed by atoms with Gasteiger partial charge in [-0.3, -0.25) is 9.59 Å². The Morgan fingerprint density at radius 2 is 2.03 bits per heavy atom. The van der Waals surface area contributed by atoms with Crippen molar-refractivity contribution >= 4 is 11.9 Å². The van der Waals surface area contributed by atoms with Crippen LogP contribution in [0.2, 0.25) is 0 Å². The van der Waals surface area contributed by atoms with Crippen LogP contribution in [0.25, 0.3) is 5.69 Å². The van der Waals surface area contributed by atoms with Gasteiger partial charge in [-0.25, -0.2) is 9.07 Å². The number of nitrogens with zero attached hydrogens (tertiary/aromatic N) is 3. The van der Waals surface area contributed by atoms with E-state index in [0.29, 0.717) is 37.6 Å². The van der Waals surface area contributed by atoms with E-state index in [0.717, 1.165) is 30.5 Å². The minimum atomic E-state index is -0.934. The molecule has 2 saturated heterocycles. The molecular formula is C21H22FN3O4. The summed E-state index contributed by atoms with van der Waals surface area (Å²) >= 11 is 0. The number of halogens is 1. The summed E-state index contributed by atoms with van der Waals surface area (Å²) in [5.74, 6) is -1.61. The Bertz CT molecular complexity index is 987. The highest BCUT2D eigenvalue weighted by Crippen LogP contribution is 2.43. The molecule has 0 spiro atoms. The molecule has 2 atom stereocenters. The van der Waals surface area contributed by atoms with E-state index < -0.39 is 11.4 Å². The van der Waals surface area contributed by atoms with Crippen LogP contribution >= 0.6 is 0 Å². The topological polar surface area (TPSA) is 84.7 Å². The van der Waals surface area contributed by atoms with Crippen molar-refractivity contribution in [1.29, 1.82) is 0 Å². The van der Waals surface area contributed by atoms with Crippen LogP contribution in [0.3, 0.4) is 0 Å². The Morgan fingerprint density at radius 1 is 1.24 bits per heavy atom. The number of ether oxygens (including phenoxy) is 1. The lowest BCUT2D eigenvalue weighted by Gasteiger charge is -2.33. The van der Waals surface area contributed by atoms with Crippen LogP contribution in [0.4, 0.5) is 4.39 Å². The molecule has 1 amide bonds. The zero-order chi connectivity index (χ0) is 20.2. The predicted octanol–water partition coefficient (Wildman–Crippen LogP) is 2.06. The summed E-state index contributed by atoms with van der Waals surface area (Å²) < 4.78 is 20.5. The first-order valence-corrected chi connectivity index (χ1v) is 9.97. The first-order chi connectivity index (χ1) is 14.0. The first kappa shape index (κ1) is 18.3. The summed E-state index contributed by atoms with van der Waals surface area (Å²) in [5.41, 5.74) is 2.08. The van der Waals surface area contributed by atoms with Gasteiger partial charge in [0.15, 0.2) is 5.69 Å². The molecule has 0 unspecified atom stereocenters. The summed E-state index contributed by atoms with van der Waals surface area (Å²) in [5, 5.41) is 14.4. The SMILES string of the molecule is O=C(c1nn(-c2ccc(F)cc2)c2c1CCC2)N1C[C@H]2COCC[C@@]2(C(=O)O)C1. The van der Waals surface area contributed by atoms with E-state index in [1.165, 1.54) is 12.1 Å². The maximum atomic E-state index is 13.4. The highest BCUT2D eigenvalue weighted by atomic mass is 19.1. The van der Waals surface area contributed by atoms with Gasteiger partial charge in [0, 0.05) is 36.9 Å². The van der Waals surface area contributed by atoms with Crippen LogP contribution in [-0.2, 0) is 22.4 Å². The third kappa shape index (κ3) is 2.77. The van der Waals surface area contributed by atoms with Gasteiger partial charge in [0.25, 0.3) is 5.91 Å². The Labute approximate surface area is 167 Å². The number of amides is 1. The van der Waals surface area contributed by atoms with Gasteiger partial charge >= 0.3 is 5.97 Å². The van der Waals surface area contributed by atoms with E-state index in [-0.39, 0.29) is 24.2 Å². The van der Waals surface area contributed by atoms with Gasteiger partial charge in [-0.2, -0.15) is 5.10 Å². The maximum Gasteiger partial charge on any atom is 0.311 e. The van der Waals surface area contributed by atoms with E-state index in [1.807, 2.05) is 0 Å². The lowest BCUT2D eigenvalue weighted by atomic mass is 9.74. The molecule has 5 rings (SSSR count). The van der Waals surface area contributed by atoms with Gasteiger partial charge in [-0.05, 0) is 49.9 Å². The number of hydrogen-bond acceptors (Lipinski definition) is 4. The van der Waals surface area contributed by atoms with Crippen LogP contribution in [0.15, 0.2) is 24.3 Å². The summed E-state index contributed by atoms with van der Waals surface area (Å²) in [6.45, 7) is 1.31. The number of aromatic nitrogens is 2. The van der Waals surface area contributed by atoms with Crippen molar-refractivity contribution in [3.05, 3.63) is 47.0 Å². The Hall–Kier alpha value is -2.74. The normalized spacial score (nSPS) is 25.7. The number of aliphatic carboxylic acids is 1. The number of fused-ring (bicyclic) bond motifs is 2. The fourth-order valence-electron chi connectivity index (χ4n) is 5.01. The van der Waals surface area contributed by atoms with Gasteiger partial charge in [0.1, 0.15) is 5.82 Å². The maximum absolute atomic E-state index is 13.4. The minimum absolute atomic E-state index is 0.188. The molecule has 1 aliphatic carbocycles. The van der Waals surface area contributed by atoms with Crippen LogP contribution in [0.5, 0.6) is 0 Å². The van der Waals surface area contributed by atoms with Crippen LogP contribution in [0.1, 0.15) is 34.6 Å². The van der Waals surface area contributed by atoms with Crippen LogP contribution in [0, 0.1) is 17.2 Å². The minimum Gasteiger partial charge on any atom is -0.481 e. The average molecular weight is 399 g/mol. The molecule has 1 aromatic heterocycles. The molecule has 2 aromatic rings. The van der Waals surface area contributed by atoms with Crippen molar-refractivity contribution in [2.45, 2.75) is 25.7 Å². The van der Waals surface area contributed by atoms with E-state index in [1.54, 1.807) is 21.7 Å². The summed E-state index contributed by atoms with van der Waals surface area (Å²) in [4.78, 5) is 27.0. The molecule has 1 aromatic carbocycles. The third-order valence-electron chi connectivity index (χ3n) is 6.62. The van der Waals surface area contributed by atoms with Crippen molar-refractivity contribution in [3.8, 4) is 5.69 Å². The average Bonchev–Trinajstić information content (AvgIpc) is 3.41. The fraction of sp³-hybridized carbons (Fsp3) is 0.476. The lowest BCUT2D eigenvalue weighted by Crippen LogP contribution is -2.45. The molecule has 0 saturated carbocycles. The summed E-state index contributed by atoms with van der Waals surface area (Å²) in [7, 11) is 0. The zero-order valence-corrected chi connectivity index (χ0v) is 15.9. The number of carbonyl (C=O) groups is 2. The second kappa shape index (κ2) is 6.66. The van der Waals surface area contributed by atoms with E-state index >= 15 is 0 Å². The van der Waals surface area contributed by atoms with Crippen molar-refractivity contribution in [1.82, 2.24) is 14.7 Å². The molecule has 2 aliphatic heterocycles. The quantitative estimate of drug-likeness (QED) is 0.854. The third-order valence-corrected chi connectivity index (χ3v) is 6.62. The highest BCUT2D eigenvalue weighted by molar-refractivity contribution is 5.95. The van der Waals surface area contributed by atoms with Crippen molar-refractivity contribution in [3.63, 3.8) is 0 Å². The predicted molar refractivity (Wildman–Crippen MR) is 100 cm³/mol. The summed E-state index contributed by atoms with van der Waals surface area (Å²) in [6, 6.07) is 6.05. The molecule has 0 radical (unpaired) electrons. The molecule has 8 heteroatoms. The Balaban J connectivity index is 1.49. The number of carbonyl (C=O) groups excluding carboxylic acids is 1. The van der Waals surface area contributed by atoms with Crippen molar-refractivity contribution < 1.29 is 23.8 Å². The number of rotatable bonds is 3. The molecule has 1 N–H and O–H groups in total. The van der Waals surface area contributed by atoms with Gasteiger partial charge < -0.3 is 14.7 Å². The first-order valence-electron chi connectivity index (χ1n) is 9.97. The van der Waals surface area contributed by atoms with E-state index in [9.17, 15) is 19.1 Å². The van der Waals surface area contributed by atoms with Crippen molar-refractivity contribution in [2.24, 2.45) is 11.3 Å². The highest BCUT2D eigenvalue weighted by Gasteiger charge is 2.55. The monoisotopic (exact) mass is 399 g/mol. The van der Waals surface area contributed by atoms with Gasteiger partial charge in [-0.15, -0.1) is 0 Å². The molecule has 3 aliphatic rings. The largest absolute Gasteiger partial charge is 0.481 e. The lowest BCUT2D eigenvalue weighted by molar-refractivity contribution is -0.157. The number of benzene rings is 1. The number of hydrogen-bond donors (Lipinski definition) is 1. The van der Waals surface area contributed by atoms with E-state index in [4.69, 9.17) is 4.74 Å². The molecule has 0 bridgehead atoms. The molecule has 152 valence electrons. The van der Waals surface area contributed by atoms with Crippen LogP contribution in [-0.4, -0.2) is 58.0 Å². The number of carboxylic acids is 1. The van der Waals surface area contributed by atoms with Crippen LogP contribution < -0.4 is 0 Å². The Kier molecular flexibility index (Phi) is 4.20. The van der Waals surface area contributed by atoms with Crippen molar-refractivity contribution in [2.75, 3.05) is 26.3 Å². The smallest absolute Gasteiger partial charge is 0.311 e. The second-order valence-electron chi connectivity index (χ2n) is 8.18. The fourth-order valence-corrected chi connectivity index (χ4v) is 5.01. The van der Waals surface area contributed by atoms with Gasteiger partial charge in [0.2, 0.25) is 0 Å².